The van der Waals surface area contributed by atoms with E-state index in [1.807, 2.05) is 37.6 Å². The van der Waals surface area contributed by atoms with E-state index in [2.05, 4.69) is 20.9 Å². The highest BCUT2D eigenvalue weighted by Gasteiger charge is 2.24. The molecular formula is C15H16N4. The Morgan fingerprint density at radius 1 is 1.47 bits per heavy atom. The summed E-state index contributed by atoms with van der Waals surface area (Å²) < 4.78 is 2.25. The quantitative estimate of drug-likeness (QED) is 0.910. The summed E-state index contributed by atoms with van der Waals surface area (Å²) in [5, 5.41) is 12.3. The lowest BCUT2D eigenvalue weighted by molar-refractivity contribution is 0.701. The second kappa shape index (κ2) is 4.77. The van der Waals surface area contributed by atoms with E-state index in [-0.39, 0.29) is 0 Å². The van der Waals surface area contributed by atoms with Gasteiger partial charge in [0.05, 0.1) is 30.2 Å². The van der Waals surface area contributed by atoms with Crippen LogP contribution in [0, 0.1) is 18.3 Å². The fourth-order valence-electron chi connectivity index (χ4n) is 2.22. The van der Waals surface area contributed by atoms with Gasteiger partial charge in [-0.15, -0.1) is 0 Å². The molecular weight excluding hydrogens is 236 g/mol. The van der Waals surface area contributed by atoms with Gasteiger partial charge in [0, 0.05) is 17.9 Å². The zero-order chi connectivity index (χ0) is 13.2. The largest absolute Gasteiger partial charge is 0.379 e. The molecule has 4 heteroatoms. The van der Waals surface area contributed by atoms with Crippen molar-refractivity contribution in [1.82, 2.24) is 9.55 Å². The van der Waals surface area contributed by atoms with Gasteiger partial charge in [0.2, 0.25) is 0 Å². The highest BCUT2D eigenvalue weighted by atomic mass is 15.1. The molecule has 1 aromatic heterocycles. The van der Waals surface area contributed by atoms with Gasteiger partial charge in [-0.1, -0.05) is 6.07 Å². The van der Waals surface area contributed by atoms with Crippen molar-refractivity contribution < 1.29 is 0 Å². The van der Waals surface area contributed by atoms with E-state index < -0.39 is 0 Å². The van der Waals surface area contributed by atoms with Gasteiger partial charge in [-0.3, -0.25) is 0 Å². The number of nitrogens with zero attached hydrogens (tertiary/aromatic N) is 3. The molecule has 1 heterocycles. The minimum atomic E-state index is 0.644. The van der Waals surface area contributed by atoms with Crippen LogP contribution < -0.4 is 5.32 Å². The Hall–Kier alpha value is -2.28. The molecule has 3 rings (SSSR count). The van der Waals surface area contributed by atoms with E-state index in [9.17, 15) is 0 Å². The maximum absolute atomic E-state index is 8.94. The van der Waals surface area contributed by atoms with Gasteiger partial charge in [-0.25, -0.2) is 4.98 Å². The van der Waals surface area contributed by atoms with Crippen LogP contribution in [0.3, 0.4) is 0 Å². The Labute approximate surface area is 112 Å². The third kappa shape index (κ3) is 2.45. The number of benzene rings is 1. The SMILES string of the molecule is Cc1ccc(C#N)cc1NCc1cncn1C1CC1. The smallest absolute Gasteiger partial charge is 0.0992 e. The van der Waals surface area contributed by atoms with Gasteiger partial charge in [0.1, 0.15) is 0 Å². The first-order chi connectivity index (χ1) is 9.28. The van der Waals surface area contributed by atoms with Gasteiger partial charge < -0.3 is 9.88 Å². The topological polar surface area (TPSA) is 53.6 Å². The second-order valence-electron chi connectivity index (χ2n) is 5.02. The van der Waals surface area contributed by atoms with E-state index in [1.165, 1.54) is 18.5 Å². The molecule has 0 atom stereocenters. The van der Waals surface area contributed by atoms with Crippen LogP contribution in [0.1, 0.15) is 35.7 Å². The molecule has 0 aliphatic heterocycles. The molecule has 1 aliphatic carbocycles. The Kier molecular flexibility index (Phi) is 2.96. The standard InChI is InChI=1S/C15H16N4/c1-11-2-3-12(7-16)6-15(11)18-9-14-8-17-10-19(14)13-4-5-13/h2-3,6,8,10,13,18H,4-5,9H2,1H3. The lowest BCUT2D eigenvalue weighted by Gasteiger charge is -2.11. The minimum Gasteiger partial charge on any atom is -0.379 e. The molecule has 0 unspecified atom stereocenters. The van der Waals surface area contributed by atoms with Crippen LogP contribution in [-0.2, 0) is 6.54 Å². The number of nitrogens with one attached hydrogen (secondary N) is 1. The molecule has 1 aromatic carbocycles. The van der Waals surface area contributed by atoms with Crippen molar-refractivity contribution in [3.63, 3.8) is 0 Å². The van der Waals surface area contributed by atoms with Crippen molar-refractivity contribution in [2.75, 3.05) is 5.32 Å². The summed E-state index contributed by atoms with van der Waals surface area (Å²) in [5.74, 6) is 0. The lowest BCUT2D eigenvalue weighted by Crippen LogP contribution is -2.06. The minimum absolute atomic E-state index is 0.644. The van der Waals surface area contributed by atoms with Crippen LogP contribution >= 0.6 is 0 Å². The Balaban J connectivity index is 1.75. The Bertz CT molecular complexity index is 632. The van der Waals surface area contributed by atoms with Crippen LogP contribution in [0.2, 0.25) is 0 Å². The van der Waals surface area contributed by atoms with Gasteiger partial charge in [0.15, 0.2) is 0 Å². The van der Waals surface area contributed by atoms with Crippen molar-refractivity contribution in [3.05, 3.63) is 47.5 Å². The van der Waals surface area contributed by atoms with Gasteiger partial charge in [0.25, 0.3) is 0 Å². The van der Waals surface area contributed by atoms with Crippen molar-refractivity contribution in [1.29, 1.82) is 5.26 Å². The number of aryl methyl sites for hydroxylation is 1. The highest BCUT2D eigenvalue weighted by molar-refractivity contribution is 5.55. The molecule has 1 fully saturated rings. The number of hydrogen-bond donors (Lipinski definition) is 1. The maximum Gasteiger partial charge on any atom is 0.0992 e. The van der Waals surface area contributed by atoms with Crippen LogP contribution in [0.4, 0.5) is 5.69 Å². The predicted octanol–water partition coefficient (Wildman–Crippen LogP) is 3.01. The van der Waals surface area contributed by atoms with E-state index in [4.69, 9.17) is 5.26 Å². The zero-order valence-corrected chi connectivity index (χ0v) is 10.9. The van der Waals surface area contributed by atoms with Crippen molar-refractivity contribution in [2.24, 2.45) is 0 Å². The van der Waals surface area contributed by atoms with Crippen molar-refractivity contribution in [3.8, 4) is 6.07 Å². The first kappa shape index (κ1) is 11.8. The third-order valence-electron chi connectivity index (χ3n) is 3.51. The number of anilines is 1. The van der Waals surface area contributed by atoms with Gasteiger partial charge in [-0.05, 0) is 37.5 Å². The number of hydrogen-bond acceptors (Lipinski definition) is 3. The first-order valence-corrected chi connectivity index (χ1v) is 6.53. The monoisotopic (exact) mass is 252 g/mol. The van der Waals surface area contributed by atoms with E-state index >= 15 is 0 Å². The molecule has 4 nitrogen and oxygen atoms in total. The average molecular weight is 252 g/mol. The molecule has 19 heavy (non-hydrogen) atoms. The summed E-state index contributed by atoms with van der Waals surface area (Å²) in [5.41, 5.74) is 4.05. The number of aromatic nitrogens is 2. The fourth-order valence-corrected chi connectivity index (χ4v) is 2.22. The summed E-state index contributed by atoms with van der Waals surface area (Å²) in [6, 6.07) is 8.52. The molecule has 0 amide bonds. The summed E-state index contributed by atoms with van der Waals surface area (Å²) in [7, 11) is 0. The lowest BCUT2D eigenvalue weighted by atomic mass is 10.1. The normalized spacial score (nSPS) is 14.1. The maximum atomic E-state index is 8.94. The zero-order valence-electron chi connectivity index (χ0n) is 10.9. The highest BCUT2D eigenvalue weighted by Crippen LogP contribution is 2.35. The van der Waals surface area contributed by atoms with Gasteiger partial charge >= 0.3 is 0 Å². The number of rotatable bonds is 4. The van der Waals surface area contributed by atoms with Crippen molar-refractivity contribution >= 4 is 5.69 Å². The Morgan fingerprint density at radius 3 is 3.05 bits per heavy atom. The Morgan fingerprint density at radius 2 is 2.32 bits per heavy atom. The summed E-state index contributed by atoms with van der Waals surface area (Å²) in [6.45, 7) is 2.79. The number of nitriles is 1. The molecule has 0 bridgehead atoms. The summed E-state index contributed by atoms with van der Waals surface area (Å²) in [4.78, 5) is 4.22. The molecule has 96 valence electrons. The molecule has 0 saturated heterocycles. The second-order valence-corrected chi connectivity index (χ2v) is 5.02. The van der Waals surface area contributed by atoms with Crippen LogP contribution in [0.25, 0.3) is 0 Å². The van der Waals surface area contributed by atoms with Crippen LogP contribution in [0.15, 0.2) is 30.7 Å². The molecule has 1 N–H and O–H groups in total. The van der Waals surface area contributed by atoms with Gasteiger partial charge in [-0.2, -0.15) is 5.26 Å². The average Bonchev–Trinajstić information content (AvgIpc) is 3.17. The third-order valence-corrected chi connectivity index (χ3v) is 3.51. The van der Waals surface area contributed by atoms with E-state index in [1.54, 1.807) is 0 Å². The predicted molar refractivity (Wildman–Crippen MR) is 73.7 cm³/mol. The van der Waals surface area contributed by atoms with Crippen LogP contribution in [-0.4, -0.2) is 9.55 Å². The molecule has 1 saturated carbocycles. The first-order valence-electron chi connectivity index (χ1n) is 6.53. The molecule has 1 aliphatic rings. The van der Waals surface area contributed by atoms with Crippen molar-refractivity contribution in [2.45, 2.75) is 32.4 Å². The molecule has 2 aromatic rings. The molecule has 0 spiro atoms. The fraction of sp³-hybridized carbons (Fsp3) is 0.333. The summed E-state index contributed by atoms with van der Waals surface area (Å²) in [6.07, 6.45) is 6.33. The van der Waals surface area contributed by atoms with E-state index in [0.29, 0.717) is 11.6 Å². The molecule has 0 radical (unpaired) electrons. The van der Waals surface area contributed by atoms with Crippen LogP contribution in [0.5, 0.6) is 0 Å². The van der Waals surface area contributed by atoms with E-state index in [0.717, 1.165) is 17.8 Å². The summed E-state index contributed by atoms with van der Waals surface area (Å²) >= 11 is 0. The number of imidazole rings is 1.